The van der Waals surface area contributed by atoms with Crippen LogP contribution in [0.25, 0.3) is 114 Å². The lowest BCUT2D eigenvalue weighted by atomic mass is 9.97. The monoisotopic (exact) mass is 681 g/mol. The fraction of sp³-hybridized carbons (Fsp3) is 0. The van der Waals surface area contributed by atoms with Gasteiger partial charge < -0.3 is 13.4 Å². The van der Waals surface area contributed by atoms with E-state index in [2.05, 4.69) is 150 Å². The van der Waals surface area contributed by atoms with Crippen molar-refractivity contribution in [3.63, 3.8) is 0 Å². The predicted octanol–water partition coefficient (Wildman–Crippen LogP) is 14.3. The summed E-state index contributed by atoms with van der Waals surface area (Å²) in [5, 5.41) is 9.58. The highest BCUT2D eigenvalue weighted by atomic mass is 32.1. The minimum absolute atomic E-state index is 0.883. The van der Waals surface area contributed by atoms with Gasteiger partial charge in [0.1, 0.15) is 22.3 Å². The van der Waals surface area contributed by atoms with E-state index in [4.69, 9.17) is 8.83 Å². The van der Waals surface area contributed by atoms with Crippen LogP contribution in [0.1, 0.15) is 0 Å². The van der Waals surface area contributed by atoms with Crippen molar-refractivity contribution in [2.45, 2.75) is 0 Å². The van der Waals surface area contributed by atoms with Crippen molar-refractivity contribution in [1.29, 1.82) is 0 Å². The van der Waals surface area contributed by atoms with Gasteiger partial charge in [0.25, 0.3) is 0 Å². The van der Waals surface area contributed by atoms with Gasteiger partial charge >= 0.3 is 0 Å². The first-order valence-corrected chi connectivity index (χ1v) is 18.4. The Morgan fingerprint density at radius 3 is 1.87 bits per heavy atom. The van der Waals surface area contributed by atoms with Crippen LogP contribution in [-0.2, 0) is 0 Å². The van der Waals surface area contributed by atoms with E-state index < -0.39 is 0 Å². The summed E-state index contributed by atoms with van der Waals surface area (Å²) in [6.07, 6.45) is 0. The molecule has 4 aromatic heterocycles. The fourth-order valence-corrected chi connectivity index (χ4v) is 9.57. The van der Waals surface area contributed by atoms with Crippen molar-refractivity contribution in [3.8, 4) is 27.9 Å². The second kappa shape index (κ2) is 10.5. The molecule has 52 heavy (non-hydrogen) atoms. The maximum absolute atomic E-state index is 6.63. The minimum Gasteiger partial charge on any atom is -0.456 e. The van der Waals surface area contributed by atoms with Gasteiger partial charge in [-0.25, -0.2) is 0 Å². The van der Waals surface area contributed by atoms with Crippen molar-refractivity contribution in [3.05, 3.63) is 164 Å². The van der Waals surface area contributed by atoms with Crippen molar-refractivity contribution in [1.82, 2.24) is 4.57 Å². The number of fused-ring (bicyclic) bond motifs is 12. The van der Waals surface area contributed by atoms with Crippen molar-refractivity contribution < 1.29 is 8.83 Å². The van der Waals surface area contributed by atoms with Gasteiger partial charge in [0.05, 0.1) is 16.7 Å². The molecule has 0 aliphatic rings. The minimum atomic E-state index is 0.883. The standard InChI is InChI=1S/C48H27NO2S/c1-5-13-40-32(9-1)38-23-28(29-19-22-44-39(24-29)33-10-2-6-14-42(33)50-44)18-21-41(38)49(40)31-26-37(48-36-12-3-7-15-43(36)51-45(48)27-31)30-17-20-35-34-11-4-8-16-46(34)52-47(35)25-30/h1-27H. The molecule has 0 N–H and O–H groups in total. The summed E-state index contributed by atoms with van der Waals surface area (Å²) in [6.45, 7) is 0. The molecule has 0 unspecified atom stereocenters. The second-order valence-electron chi connectivity index (χ2n) is 13.7. The van der Waals surface area contributed by atoms with E-state index in [0.717, 1.165) is 60.6 Å². The summed E-state index contributed by atoms with van der Waals surface area (Å²) >= 11 is 1.85. The summed E-state index contributed by atoms with van der Waals surface area (Å²) in [4.78, 5) is 0. The molecule has 0 amide bonds. The molecular formula is C48H27NO2S. The number of hydrogen-bond donors (Lipinski definition) is 0. The number of furan rings is 2. The van der Waals surface area contributed by atoms with Crippen molar-refractivity contribution in [2.24, 2.45) is 0 Å². The van der Waals surface area contributed by atoms with E-state index in [-0.39, 0.29) is 0 Å². The molecule has 4 heteroatoms. The first-order valence-electron chi connectivity index (χ1n) is 17.6. The third-order valence-corrected chi connectivity index (χ3v) is 11.9. The lowest BCUT2D eigenvalue weighted by Gasteiger charge is -2.12. The molecule has 12 rings (SSSR count). The van der Waals surface area contributed by atoms with E-state index in [1.807, 2.05) is 29.5 Å². The molecule has 0 saturated carbocycles. The van der Waals surface area contributed by atoms with Crippen LogP contribution in [0.4, 0.5) is 0 Å². The molecule has 242 valence electrons. The molecule has 3 nitrogen and oxygen atoms in total. The Labute approximate surface area is 301 Å². The summed E-state index contributed by atoms with van der Waals surface area (Å²) in [6, 6.07) is 59.0. The molecule has 0 radical (unpaired) electrons. The number of aromatic nitrogens is 1. The van der Waals surface area contributed by atoms with E-state index in [1.54, 1.807) is 0 Å². The van der Waals surface area contributed by atoms with E-state index in [9.17, 15) is 0 Å². The zero-order valence-electron chi connectivity index (χ0n) is 27.8. The average molecular weight is 682 g/mol. The Bertz CT molecular complexity index is 3430. The van der Waals surface area contributed by atoms with E-state index in [1.165, 1.54) is 53.2 Å². The van der Waals surface area contributed by atoms with E-state index in [0.29, 0.717) is 0 Å². The van der Waals surface area contributed by atoms with Crippen molar-refractivity contribution in [2.75, 3.05) is 0 Å². The Morgan fingerprint density at radius 2 is 0.981 bits per heavy atom. The van der Waals surface area contributed by atoms with Crippen LogP contribution in [0.3, 0.4) is 0 Å². The van der Waals surface area contributed by atoms with E-state index >= 15 is 0 Å². The van der Waals surface area contributed by atoms with Crippen LogP contribution in [0, 0.1) is 0 Å². The highest BCUT2D eigenvalue weighted by Crippen LogP contribution is 2.44. The molecule has 0 fully saturated rings. The van der Waals surface area contributed by atoms with Crippen LogP contribution in [0.2, 0.25) is 0 Å². The number of rotatable bonds is 3. The maximum Gasteiger partial charge on any atom is 0.138 e. The van der Waals surface area contributed by atoms with Gasteiger partial charge in [-0.1, -0.05) is 97.1 Å². The average Bonchev–Trinajstić information content (AvgIpc) is 3.95. The maximum atomic E-state index is 6.63. The van der Waals surface area contributed by atoms with Gasteiger partial charge in [0, 0.05) is 58.6 Å². The highest BCUT2D eigenvalue weighted by molar-refractivity contribution is 7.25. The molecular weight excluding hydrogens is 655 g/mol. The molecule has 0 aliphatic carbocycles. The Balaban J connectivity index is 1.10. The predicted molar refractivity (Wildman–Crippen MR) is 219 cm³/mol. The smallest absolute Gasteiger partial charge is 0.138 e. The topological polar surface area (TPSA) is 31.2 Å². The fourth-order valence-electron chi connectivity index (χ4n) is 8.43. The molecule has 12 aromatic rings. The van der Waals surface area contributed by atoms with Crippen LogP contribution < -0.4 is 0 Å². The number of nitrogens with zero attached hydrogens (tertiary/aromatic N) is 1. The third-order valence-electron chi connectivity index (χ3n) is 10.8. The normalized spacial score (nSPS) is 12.2. The lowest BCUT2D eigenvalue weighted by Crippen LogP contribution is -1.95. The van der Waals surface area contributed by atoms with Crippen molar-refractivity contribution >= 4 is 97.2 Å². The summed E-state index contributed by atoms with van der Waals surface area (Å²) in [5.41, 5.74) is 11.7. The molecule has 0 aliphatic heterocycles. The van der Waals surface area contributed by atoms with Gasteiger partial charge in [-0.05, 0) is 82.9 Å². The second-order valence-corrected chi connectivity index (χ2v) is 14.8. The quantitative estimate of drug-likeness (QED) is 0.186. The van der Waals surface area contributed by atoms with Gasteiger partial charge in [-0.2, -0.15) is 0 Å². The molecule has 0 bridgehead atoms. The largest absolute Gasteiger partial charge is 0.456 e. The SMILES string of the molecule is c1ccc2c(c1)oc1ccc(-c3ccc4c(c3)c3ccccc3n4-c3cc(-c4ccc5c(c4)sc4ccccc45)c4c(c3)oc3ccccc34)cc12. The molecule has 0 spiro atoms. The summed E-state index contributed by atoms with van der Waals surface area (Å²) in [5.74, 6) is 0. The number of benzene rings is 8. The van der Waals surface area contributed by atoms with Crippen LogP contribution in [0.15, 0.2) is 173 Å². The molecule has 8 aromatic carbocycles. The third kappa shape index (κ3) is 3.95. The van der Waals surface area contributed by atoms with Gasteiger partial charge in [-0.15, -0.1) is 11.3 Å². The molecule has 0 saturated heterocycles. The first kappa shape index (κ1) is 28.1. The van der Waals surface area contributed by atoms with Gasteiger partial charge in [-0.3, -0.25) is 0 Å². The summed E-state index contributed by atoms with van der Waals surface area (Å²) in [7, 11) is 0. The number of hydrogen-bond acceptors (Lipinski definition) is 3. The Morgan fingerprint density at radius 1 is 0.365 bits per heavy atom. The van der Waals surface area contributed by atoms with Crippen LogP contribution in [-0.4, -0.2) is 4.57 Å². The first-order chi connectivity index (χ1) is 25.7. The molecule has 4 heterocycles. The number of para-hydroxylation sites is 3. The lowest BCUT2D eigenvalue weighted by molar-refractivity contribution is 0.668. The zero-order valence-corrected chi connectivity index (χ0v) is 28.6. The zero-order chi connectivity index (χ0) is 33.9. The Kier molecular flexibility index (Phi) is 5.65. The Hall–Kier alpha value is -6.62. The number of thiophene rings is 1. The van der Waals surface area contributed by atoms with Gasteiger partial charge in [0.15, 0.2) is 0 Å². The molecule has 0 atom stereocenters. The summed E-state index contributed by atoms with van der Waals surface area (Å²) < 4.78 is 17.8. The highest BCUT2D eigenvalue weighted by Gasteiger charge is 2.20. The van der Waals surface area contributed by atoms with Crippen LogP contribution in [0.5, 0.6) is 0 Å². The van der Waals surface area contributed by atoms with Crippen LogP contribution >= 0.6 is 11.3 Å². The van der Waals surface area contributed by atoms with Gasteiger partial charge in [0.2, 0.25) is 0 Å².